The highest BCUT2D eigenvalue weighted by atomic mass is 16.2. The van der Waals surface area contributed by atoms with Crippen LogP contribution in [-0.2, 0) is 4.79 Å². The van der Waals surface area contributed by atoms with Gasteiger partial charge in [0.25, 0.3) is 0 Å². The van der Waals surface area contributed by atoms with Gasteiger partial charge in [-0.15, -0.1) is 0 Å². The number of carbonyl (C=O) groups excluding carboxylic acids is 1. The van der Waals surface area contributed by atoms with E-state index in [0.717, 1.165) is 5.92 Å². The van der Waals surface area contributed by atoms with Gasteiger partial charge in [0, 0.05) is 20.1 Å². The second kappa shape index (κ2) is 7.00. The summed E-state index contributed by atoms with van der Waals surface area (Å²) in [5, 5.41) is 3.47. The number of amides is 1. The molecule has 0 heterocycles. The molecule has 1 aliphatic rings. The maximum atomic E-state index is 11.8. The van der Waals surface area contributed by atoms with Crippen molar-refractivity contribution >= 4 is 5.91 Å². The highest BCUT2D eigenvalue weighted by molar-refractivity contribution is 5.80. The van der Waals surface area contributed by atoms with Gasteiger partial charge in [0.05, 0.1) is 6.04 Å². The Labute approximate surface area is 106 Å². The minimum Gasteiger partial charge on any atom is -0.347 e. The quantitative estimate of drug-likeness (QED) is 0.765. The smallest absolute Gasteiger partial charge is 0.238 e. The summed E-state index contributed by atoms with van der Waals surface area (Å²) in [6.07, 6.45) is 8.11. The summed E-state index contributed by atoms with van der Waals surface area (Å²) in [5.74, 6) is 0.917. The van der Waals surface area contributed by atoms with Gasteiger partial charge < -0.3 is 10.2 Å². The van der Waals surface area contributed by atoms with Crippen molar-refractivity contribution in [1.29, 1.82) is 0 Å². The lowest BCUT2D eigenvalue weighted by atomic mass is 9.92. The normalized spacial score (nSPS) is 21.6. The number of likely N-dealkylation sites (N-methyl/N-ethyl adjacent to an activating group) is 1. The molecule has 0 aromatic heterocycles. The van der Waals surface area contributed by atoms with E-state index in [1.54, 1.807) is 4.90 Å². The fourth-order valence-corrected chi connectivity index (χ4v) is 2.80. The first-order valence-corrected chi connectivity index (χ1v) is 6.99. The van der Waals surface area contributed by atoms with Gasteiger partial charge in [-0.25, -0.2) is 0 Å². The molecule has 1 fully saturated rings. The van der Waals surface area contributed by atoms with E-state index in [9.17, 15) is 4.79 Å². The zero-order chi connectivity index (χ0) is 12.8. The van der Waals surface area contributed by atoms with Gasteiger partial charge in [0.15, 0.2) is 0 Å². The molecule has 1 saturated carbocycles. The van der Waals surface area contributed by atoms with Gasteiger partial charge in [0.1, 0.15) is 0 Å². The Morgan fingerprint density at radius 2 is 1.65 bits per heavy atom. The first kappa shape index (κ1) is 14.5. The van der Waals surface area contributed by atoms with Gasteiger partial charge in [-0.1, -0.05) is 25.7 Å². The fraction of sp³-hybridized carbons (Fsp3) is 0.929. The van der Waals surface area contributed by atoms with Gasteiger partial charge in [0.2, 0.25) is 5.91 Å². The molecule has 3 nitrogen and oxygen atoms in total. The van der Waals surface area contributed by atoms with E-state index in [4.69, 9.17) is 0 Å². The van der Waals surface area contributed by atoms with Crippen molar-refractivity contribution in [2.75, 3.05) is 14.1 Å². The molecule has 1 amide bonds. The monoisotopic (exact) mass is 240 g/mol. The van der Waals surface area contributed by atoms with Crippen LogP contribution in [0.15, 0.2) is 0 Å². The van der Waals surface area contributed by atoms with Crippen LogP contribution in [0.2, 0.25) is 0 Å². The van der Waals surface area contributed by atoms with Crippen LogP contribution in [0, 0.1) is 5.92 Å². The molecule has 0 spiro atoms. The minimum absolute atomic E-state index is 0.0664. The van der Waals surface area contributed by atoms with E-state index in [-0.39, 0.29) is 11.9 Å². The number of nitrogens with one attached hydrogen (secondary N) is 1. The zero-order valence-electron chi connectivity index (χ0n) is 11.8. The molecule has 0 aromatic rings. The highest BCUT2D eigenvalue weighted by Gasteiger charge is 2.23. The molecule has 3 heteroatoms. The summed E-state index contributed by atoms with van der Waals surface area (Å²) < 4.78 is 0. The summed E-state index contributed by atoms with van der Waals surface area (Å²) in [6.45, 7) is 4.20. The molecule has 1 N–H and O–H groups in total. The first-order valence-electron chi connectivity index (χ1n) is 6.99. The standard InChI is InChI=1S/C14H28N2O/c1-11(13-9-7-5-6-8-10-13)15-12(2)14(17)16(3)4/h11-13,15H,5-10H2,1-4H3/t11-,12?/m0/s1. The third kappa shape index (κ3) is 4.66. The van der Waals surface area contributed by atoms with Crippen LogP contribution < -0.4 is 5.32 Å². The molecule has 0 aromatic carbocycles. The minimum atomic E-state index is -0.0664. The molecule has 1 aliphatic carbocycles. The van der Waals surface area contributed by atoms with Crippen molar-refractivity contribution in [1.82, 2.24) is 10.2 Å². The topological polar surface area (TPSA) is 32.3 Å². The lowest BCUT2D eigenvalue weighted by Crippen LogP contribution is -2.47. The molecular formula is C14H28N2O. The molecule has 2 atom stereocenters. The highest BCUT2D eigenvalue weighted by Crippen LogP contribution is 2.25. The van der Waals surface area contributed by atoms with Crippen molar-refractivity contribution in [2.24, 2.45) is 5.92 Å². The third-order valence-corrected chi connectivity index (χ3v) is 3.93. The number of rotatable bonds is 4. The largest absolute Gasteiger partial charge is 0.347 e. The Kier molecular flexibility index (Phi) is 5.96. The van der Waals surface area contributed by atoms with Gasteiger partial charge in [-0.2, -0.15) is 0 Å². The lowest BCUT2D eigenvalue weighted by Gasteiger charge is -2.27. The number of nitrogens with zero attached hydrogens (tertiary/aromatic N) is 1. The van der Waals surface area contributed by atoms with Crippen LogP contribution in [0.3, 0.4) is 0 Å². The zero-order valence-corrected chi connectivity index (χ0v) is 11.8. The van der Waals surface area contributed by atoms with Gasteiger partial charge in [-0.05, 0) is 32.6 Å². The summed E-state index contributed by atoms with van der Waals surface area (Å²) in [7, 11) is 3.63. The maximum Gasteiger partial charge on any atom is 0.238 e. The Hall–Kier alpha value is -0.570. The summed E-state index contributed by atoms with van der Waals surface area (Å²) in [4.78, 5) is 13.5. The van der Waals surface area contributed by atoms with Crippen LogP contribution in [0.4, 0.5) is 0 Å². The van der Waals surface area contributed by atoms with E-state index in [2.05, 4.69) is 12.2 Å². The van der Waals surface area contributed by atoms with Crippen molar-refractivity contribution in [3.63, 3.8) is 0 Å². The van der Waals surface area contributed by atoms with Gasteiger partial charge >= 0.3 is 0 Å². The Bertz CT molecular complexity index is 232. The maximum absolute atomic E-state index is 11.8. The fourth-order valence-electron chi connectivity index (χ4n) is 2.80. The number of hydrogen-bond acceptors (Lipinski definition) is 2. The van der Waals surface area contributed by atoms with E-state index in [0.29, 0.717) is 6.04 Å². The van der Waals surface area contributed by atoms with Crippen LogP contribution in [-0.4, -0.2) is 37.0 Å². The molecule has 100 valence electrons. The molecule has 1 unspecified atom stereocenters. The molecule has 0 radical (unpaired) electrons. The van der Waals surface area contributed by atoms with Crippen LogP contribution in [0.5, 0.6) is 0 Å². The molecule has 0 aliphatic heterocycles. The van der Waals surface area contributed by atoms with Crippen molar-refractivity contribution in [3.8, 4) is 0 Å². The van der Waals surface area contributed by atoms with Crippen LogP contribution >= 0.6 is 0 Å². The molecule has 17 heavy (non-hydrogen) atoms. The number of carbonyl (C=O) groups is 1. The van der Waals surface area contributed by atoms with E-state index < -0.39 is 0 Å². The summed E-state index contributed by atoms with van der Waals surface area (Å²) >= 11 is 0. The number of hydrogen-bond donors (Lipinski definition) is 1. The predicted octanol–water partition coefficient (Wildman–Crippen LogP) is 2.41. The van der Waals surface area contributed by atoms with Crippen LogP contribution in [0.1, 0.15) is 52.4 Å². The Morgan fingerprint density at radius 3 is 2.12 bits per heavy atom. The third-order valence-electron chi connectivity index (χ3n) is 3.93. The molecule has 1 rings (SSSR count). The first-order chi connectivity index (χ1) is 8.02. The summed E-state index contributed by atoms with van der Waals surface area (Å²) in [6, 6.07) is 0.384. The summed E-state index contributed by atoms with van der Waals surface area (Å²) in [5.41, 5.74) is 0. The average molecular weight is 240 g/mol. The van der Waals surface area contributed by atoms with E-state index in [1.165, 1.54) is 38.5 Å². The van der Waals surface area contributed by atoms with Gasteiger partial charge in [-0.3, -0.25) is 4.79 Å². The van der Waals surface area contributed by atoms with Crippen molar-refractivity contribution in [2.45, 2.75) is 64.5 Å². The molecule has 0 saturated heterocycles. The molecular weight excluding hydrogens is 212 g/mol. The van der Waals surface area contributed by atoms with E-state index in [1.807, 2.05) is 21.0 Å². The molecule has 0 bridgehead atoms. The second-order valence-corrected chi connectivity index (χ2v) is 5.66. The lowest BCUT2D eigenvalue weighted by molar-refractivity contribution is -0.130. The van der Waals surface area contributed by atoms with Crippen molar-refractivity contribution in [3.05, 3.63) is 0 Å². The Balaban J connectivity index is 2.41. The second-order valence-electron chi connectivity index (χ2n) is 5.66. The predicted molar refractivity (Wildman–Crippen MR) is 71.9 cm³/mol. The van der Waals surface area contributed by atoms with Crippen molar-refractivity contribution < 1.29 is 4.79 Å². The Morgan fingerprint density at radius 1 is 1.12 bits per heavy atom. The SMILES string of the molecule is CC(N[C@@H](C)C1CCCCCC1)C(=O)N(C)C. The van der Waals surface area contributed by atoms with Crippen LogP contribution in [0.25, 0.3) is 0 Å². The van der Waals surface area contributed by atoms with E-state index >= 15 is 0 Å². The average Bonchev–Trinajstić information content (AvgIpc) is 2.56.